The summed E-state index contributed by atoms with van der Waals surface area (Å²) in [5.41, 5.74) is 3.06. The second kappa shape index (κ2) is 11.7. The summed E-state index contributed by atoms with van der Waals surface area (Å²) in [7, 11) is 0. The Labute approximate surface area is 200 Å². The molecule has 0 spiro atoms. The lowest BCUT2D eigenvalue weighted by Gasteiger charge is -2.17. The molecule has 1 fully saturated rings. The quantitative estimate of drug-likeness (QED) is 0.377. The smallest absolute Gasteiger partial charge is 0.344 e. The maximum atomic E-state index is 11.3. The molecule has 2 aromatic carbocycles. The maximum absolute atomic E-state index is 11.3. The Morgan fingerprint density at radius 2 is 1.88 bits per heavy atom. The van der Waals surface area contributed by atoms with Gasteiger partial charge in [0.25, 0.3) is 0 Å². The van der Waals surface area contributed by atoms with E-state index in [-0.39, 0.29) is 0 Å². The van der Waals surface area contributed by atoms with Crippen molar-refractivity contribution in [3.8, 4) is 11.5 Å². The third kappa shape index (κ3) is 6.62. The van der Waals surface area contributed by atoms with E-state index in [9.17, 15) is 9.90 Å². The molecule has 4 rings (SSSR count). The van der Waals surface area contributed by atoms with Crippen molar-refractivity contribution >= 4 is 5.97 Å². The monoisotopic (exact) mass is 463 g/mol. The van der Waals surface area contributed by atoms with Crippen LogP contribution in [0, 0.1) is 0 Å². The highest BCUT2D eigenvalue weighted by atomic mass is 16.5. The predicted octanol–water partition coefficient (Wildman–Crippen LogP) is 5.98. The van der Waals surface area contributed by atoms with E-state index in [0.29, 0.717) is 24.7 Å². The van der Waals surface area contributed by atoms with Crippen LogP contribution in [0.4, 0.5) is 0 Å². The highest BCUT2D eigenvalue weighted by Crippen LogP contribution is 2.32. The number of hydrogen-bond donors (Lipinski definition) is 1. The third-order valence-electron chi connectivity index (χ3n) is 6.36. The first kappa shape index (κ1) is 23.9. The summed E-state index contributed by atoms with van der Waals surface area (Å²) < 4.78 is 17.5. The van der Waals surface area contributed by atoms with Crippen LogP contribution in [-0.4, -0.2) is 28.8 Å². The van der Waals surface area contributed by atoms with Crippen molar-refractivity contribution in [1.29, 1.82) is 0 Å². The van der Waals surface area contributed by atoms with Crippen LogP contribution >= 0.6 is 0 Å². The van der Waals surface area contributed by atoms with Gasteiger partial charge in [0.1, 0.15) is 17.8 Å². The predicted molar refractivity (Wildman–Crippen MR) is 130 cm³/mol. The molecule has 0 bridgehead atoms. The van der Waals surface area contributed by atoms with E-state index in [0.717, 1.165) is 48.6 Å². The summed E-state index contributed by atoms with van der Waals surface area (Å²) >= 11 is 0. The van der Waals surface area contributed by atoms with E-state index >= 15 is 0 Å². The molecule has 1 heterocycles. The Balaban J connectivity index is 1.38. The van der Waals surface area contributed by atoms with Gasteiger partial charge in [0.15, 0.2) is 12.0 Å². The molecule has 1 aromatic heterocycles. The van der Waals surface area contributed by atoms with Crippen molar-refractivity contribution in [1.82, 2.24) is 4.98 Å². The van der Waals surface area contributed by atoms with Crippen molar-refractivity contribution in [2.45, 2.75) is 70.3 Å². The second-order valence-corrected chi connectivity index (χ2v) is 8.96. The number of nitrogens with zero attached hydrogens (tertiary/aromatic N) is 1. The number of hydrogen-bond acceptors (Lipinski definition) is 5. The molecule has 3 aromatic rings. The first-order chi connectivity index (χ1) is 16.6. The molecule has 1 aliphatic rings. The fraction of sp³-hybridized carbons (Fsp3) is 0.429. The maximum Gasteiger partial charge on any atom is 0.344 e. The van der Waals surface area contributed by atoms with E-state index in [1.807, 2.05) is 30.3 Å². The van der Waals surface area contributed by atoms with Gasteiger partial charge in [0, 0.05) is 12.3 Å². The van der Waals surface area contributed by atoms with Crippen molar-refractivity contribution in [2.75, 3.05) is 6.61 Å². The van der Waals surface area contributed by atoms with E-state index in [4.69, 9.17) is 13.9 Å². The number of benzene rings is 2. The Kier molecular flexibility index (Phi) is 8.23. The summed E-state index contributed by atoms with van der Waals surface area (Å²) in [6, 6.07) is 15.8. The van der Waals surface area contributed by atoms with Crippen LogP contribution in [0.5, 0.6) is 11.5 Å². The molecule has 34 heavy (non-hydrogen) atoms. The minimum atomic E-state index is -0.991. The summed E-state index contributed by atoms with van der Waals surface area (Å²) in [4.78, 5) is 16.0. The van der Waals surface area contributed by atoms with Gasteiger partial charge in [-0.05, 0) is 61.9 Å². The molecule has 6 nitrogen and oxygen atoms in total. The van der Waals surface area contributed by atoms with Crippen LogP contribution in [0.15, 0.2) is 59.2 Å². The topological polar surface area (TPSA) is 81.8 Å². The minimum Gasteiger partial charge on any atom is -0.493 e. The lowest BCUT2D eigenvalue weighted by Crippen LogP contribution is -2.23. The van der Waals surface area contributed by atoms with Crippen LogP contribution < -0.4 is 9.47 Å². The average molecular weight is 464 g/mol. The van der Waals surface area contributed by atoms with Gasteiger partial charge in [-0.3, -0.25) is 0 Å². The van der Waals surface area contributed by atoms with Crippen molar-refractivity contribution in [3.63, 3.8) is 0 Å². The zero-order chi connectivity index (χ0) is 23.8. The van der Waals surface area contributed by atoms with Gasteiger partial charge in [-0.2, -0.15) is 0 Å². The van der Waals surface area contributed by atoms with Crippen molar-refractivity contribution < 1.29 is 23.8 Å². The Morgan fingerprint density at radius 1 is 1.09 bits per heavy atom. The van der Waals surface area contributed by atoms with Gasteiger partial charge in [-0.15, -0.1) is 0 Å². The molecule has 6 heteroatoms. The van der Waals surface area contributed by atoms with Crippen molar-refractivity contribution in [3.05, 3.63) is 77.5 Å². The lowest BCUT2D eigenvalue weighted by molar-refractivity contribution is -0.144. The molecule has 1 unspecified atom stereocenters. The van der Waals surface area contributed by atoms with Gasteiger partial charge in [0.05, 0.1) is 12.3 Å². The molecule has 180 valence electrons. The largest absolute Gasteiger partial charge is 0.493 e. The third-order valence-corrected chi connectivity index (χ3v) is 6.36. The number of carbonyl (C=O) groups is 1. The SMILES string of the molecule is CC(Oc1ccc(OCCc2coc(C3CCCCC3)n2)cc1CCc1ccccc1)C(=O)O. The Hall–Kier alpha value is -3.28. The van der Waals surface area contributed by atoms with Gasteiger partial charge in [0.2, 0.25) is 0 Å². The normalized spacial score (nSPS) is 15.1. The highest BCUT2D eigenvalue weighted by Gasteiger charge is 2.20. The number of carboxylic acids is 1. The Bertz CT molecular complexity index is 1060. The number of ether oxygens (including phenoxy) is 2. The highest BCUT2D eigenvalue weighted by molar-refractivity contribution is 5.72. The fourth-order valence-electron chi connectivity index (χ4n) is 4.37. The van der Waals surface area contributed by atoms with Gasteiger partial charge in [-0.25, -0.2) is 9.78 Å². The van der Waals surface area contributed by atoms with Crippen LogP contribution in [-0.2, 0) is 24.1 Å². The van der Waals surface area contributed by atoms with Gasteiger partial charge in [-0.1, -0.05) is 49.6 Å². The molecular formula is C28H33NO5. The molecule has 0 saturated heterocycles. The zero-order valence-electron chi connectivity index (χ0n) is 19.7. The number of oxazole rings is 1. The standard InChI is InChI=1S/C28H33NO5/c1-20(28(30)31)34-26-15-14-25(18-23(26)13-12-21-8-4-2-5-9-21)32-17-16-24-19-33-27(29-24)22-10-6-3-7-11-22/h2,4-5,8-9,14-15,18-20,22H,3,6-7,10-13,16-17H2,1H3,(H,30,31). The first-order valence-corrected chi connectivity index (χ1v) is 12.2. The van der Waals surface area contributed by atoms with E-state index in [1.165, 1.54) is 31.7 Å². The first-order valence-electron chi connectivity index (χ1n) is 12.2. The van der Waals surface area contributed by atoms with Crippen LogP contribution in [0.2, 0.25) is 0 Å². The molecule has 0 radical (unpaired) electrons. The summed E-state index contributed by atoms with van der Waals surface area (Å²) in [6.07, 6.45) is 9.19. The molecule has 1 N–H and O–H groups in total. The molecule has 0 aliphatic heterocycles. The van der Waals surface area contributed by atoms with Crippen LogP contribution in [0.25, 0.3) is 0 Å². The molecule has 1 atom stereocenters. The number of aliphatic carboxylic acids is 1. The van der Waals surface area contributed by atoms with Crippen LogP contribution in [0.1, 0.15) is 67.7 Å². The summed E-state index contributed by atoms with van der Waals surface area (Å²) in [6.45, 7) is 2.02. The summed E-state index contributed by atoms with van der Waals surface area (Å²) in [5, 5.41) is 9.24. The fourth-order valence-corrected chi connectivity index (χ4v) is 4.37. The van der Waals surface area contributed by atoms with E-state index in [1.54, 1.807) is 12.3 Å². The molecule has 0 amide bonds. The van der Waals surface area contributed by atoms with E-state index in [2.05, 4.69) is 17.1 Å². The number of rotatable bonds is 11. The van der Waals surface area contributed by atoms with E-state index < -0.39 is 12.1 Å². The molecule has 1 aliphatic carbocycles. The van der Waals surface area contributed by atoms with Crippen LogP contribution in [0.3, 0.4) is 0 Å². The number of aromatic nitrogens is 1. The zero-order valence-corrected chi connectivity index (χ0v) is 19.7. The summed E-state index contributed by atoms with van der Waals surface area (Å²) in [5.74, 6) is 1.64. The number of aryl methyl sites for hydroxylation is 2. The minimum absolute atomic E-state index is 0.455. The van der Waals surface area contributed by atoms with Gasteiger partial charge >= 0.3 is 5.97 Å². The van der Waals surface area contributed by atoms with Gasteiger partial charge < -0.3 is 19.0 Å². The lowest BCUT2D eigenvalue weighted by atomic mass is 9.89. The van der Waals surface area contributed by atoms with Crippen molar-refractivity contribution in [2.24, 2.45) is 0 Å². The Morgan fingerprint density at radius 3 is 2.65 bits per heavy atom. The molecule has 1 saturated carbocycles. The number of carboxylic acid groups (broad SMARTS) is 1. The second-order valence-electron chi connectivity index (χ2n) is 8.96. The average Bonchev–Trinajstić information content (AvgIpc) is 3.34. The molecular weight excluding hydrogens is 430 g/mol.